The van der Waals surface area contributed by atoms with Crippen molar-refractivity contribution in [3.8, 4) is 0 Å². The maximum Gasteiger partial charge on any atom is 0.249 e. The minimum Gasteiger partial charge on any atom is -0.397 e. The monoisotopic (exact) mass is 258 g/mol. The molecule has 6 heteroatoms. The van der Waals surface area contributed by atoms with E-state index in [0.29, 0.717) is 18.5 Å². The Labute approximate surface area is 109 Å². The van der Waals surface area contributed by atoms with Gasteiger partial charge in [-0.25, -0.2) is 4.98 Å². The molecule has 6 nitrogen and oxygen atoms in total. The van der Waals surface area contributed by atoms with Gasteiger partial charge in [0.2, 0.25) is 11.8 Å². The SMILES string of the molecule is Cc1nc2cccc(N)c2n1C1CCC(=O)NC1=O. The number of nitrogens with zero attached hydrogens (tertiary/aromatic N) is 2. The lowest BCUT2D eigenvalue weighted by Crippen LogP contribution is -2.42. The fourth-order valence-corrected chi connectivity index (χ4v) is 2.60. The molecule has 2 amide bonds. The van der Waals surface area contributed by atoms with Crippen molar-refractivity contribution in [3.05, 3.63) is 24.0 Å². The number of fused-ring (bicyclic) bond motifs is 1. The maximum absolute atomic E-state index is 12.0. The number of rotatable bonds is 1. The zero-order chi connectivity index (χ0) is 13.6. The van der Waals surface area contributed by atoms with E-state index >= 15 is 0 Å². The molecule has 1 aliphatic rings. The summed E-state index contributed by atoms with van der Waals surface area (Å²) in [4.78, 5) is 27.6. The highest BCUT2D eigenvalue weighted by Crippen LogP contribution is 2.29. The first-order valence-electron chi connectivity index (χ1n) is 6.14. The molecule has 2 aromatic rings. The van der Waals surface area contributed by atoms with Crippen LogP contribution in [0.1, 0.15) is 24.7 Å². The summed E-state index contributed by atoms with van der Waals surface area (Å²) in [7, 11) is 0. The number of benzene rings is 1. The number of anilines is 1. The van der Waals surface area contributed by atoms with Gasteiger partial charge in [0.15, 0.2) is 0 Å². The van der Waals surface area contributed by atoms with Crippen molar-refractivity contribution in [2.75, 3.05) is 5.73 Å². The van der Waals surface area contributed by atoms with Crippen LogP contribution in [0.3, 0.4) is 0 Å². The number of hydrogen-bond acceptors (Lipinski definition) is 4. The van der Waals surface area contributed by atoms with Crippen LogP contribution < -0.4 is 11.1 Å². The first-order valence-corrected chi connectivity index (χ1v) is 6.14. The Balaban J connectivity index is 2.17. The number of amides is 2. The summed E-state index contributed by atoms with van der Waals surface area (Å²) in [5.74, 6) is 0.209. The molecule has 98 valence electrons. The highest BCUT2D eigenvalue weighted by atomic mass is 16.2. The molecular weight excluding hydrogens is 244 g/mol. The number of aromatic nitrogens is 2. The first kappa shape index (κ1) is 11.7. The van der Waals surface area contributed by atoms with Gasteiger partial charge in [0, 0.05) is 6.42 Å². The van der Waals surface area contributed by atoms with Crippen LogP contribution in [0.25, 0.3) is 11.0 Å². The lowest BCUT2D eigenvalue weighted by molar-refractivity contribution is -0.135. The normalized spacial score (nSPS) is 19.7. The van der Waals surface area contributed by atoms with E-state index in [4.69, 9.17) is 5.73 Å². The topological polar surface area (TPSA) is 90.0 Å². The van der Waals surface area contributed by atoms with Gasteiger partial charge < -0.3 is 10.3 Å². The molecule has 1 aliphatic heterocycles. The van der Waals surface area contributed by atoms with Crippen molar-refractivity contribution in [2.45, 2.75) is 25.8 Å². The Hall–Kier alpha value is -2.37. The Morgan fingerprint density at radius 2 is 2.21 bits per heavy atom. The number of aryl methyl sites for hydroxylation is 1. The van der Waals surface area contributed by atoms with Gasteiger partial charge in [-0.1, -0.05) is 6.07 Å². The Morgan fingerprint density at radius 1 is 1.42 bits per heavy atom. The van der Waals surface area contributed by atoms with E-state index in [-0.39, 0.29) is 11.8 Å². The predicted octanol–water partition coefficient (Wildman–Crippen LogP) is 0.905. The summed E-state index contributed by atoms with van der Waals surface area (Å²) >= 11 is 0. The lowest BCUT2D eigenvalue weighted by Gasteiger charge is -2.24. The summed E-state index contributed by atoms with van der Waals surface area (Å²) in [5, 5.41) is 2.36. The van der Waals surface area contributed by atoms with Crippen molar-refractivity contribution < 1.29 is 9.59 Å². The van der Waals surface area contributed by atoms with E-state index in [9.17, 15) is 9.59 Å². The molecule has 3 N–H and O–H groups in total. The minimum absolute atomic E-state index is 0.226. The molecule has 1 unspecified atom stereocenters. The quantitative estimate of drug-likeness (QED) is 0.587. The molecule has 3 rings (SSSR count). The van der Waals surface area contributed by atoms with Crippen LogP contribution in [-0.4, -0.2) is 21.4 Å². The first-order chi connectivity index (χ1) is 9.08. The van der Waals surface area contributed by atoms with Gasteiger partial charge >= 0.3 is 0 Å². The van der Waals surface area contributed by atoms with Gasteiger partial charge in [0.05, 0.1) is 16.7 Å². The summed E-state index contributed by atoms with van der Waals surface area (Å²) in [6.07, 6.45) is 0.813. The molecule has 0 aliphatic carbocycles. The number of nitrogen functional groups attached to an aromatic ring is 1. The van der Waals surface area contributed by atoms with Crippen LogP contribution in [0.15, 0.2) is 18.2 Å². The van der Waals surface area contributed by atoms with E-state index in [2.05, 4.69) is 10.3 Å². The van der Waals surface area contributed by atoms with Crippen molar-refractivity contribution in [2.24, 2.45) is 0 Å². The van der Waals surface area contributed by atoms with Crippen LogP contribution in [-0.2, 0) is 9.59 Å². The van der Waals surface area contributed by atoms with E-state index in [1.165, 1.54) is 0 Å². The second-order valence-electron chi connectivity index (χ2n) is 4.71. The molecule has 2 heterocycles. The zero-order valence-electron chi connectivity index (χ0n) is 10.5. The van der Waals surface area contributed by atoms with Gasteiger partial charge in [-0.3, -0.25) is 14.9 Å². The number of piperidine rings is 1. The van der Waals surface area contributed by atoms with Crippen molar-refractivity contribution in [3.63, 3.8) is 0 Å². The summed E-state index contributed by atoms with van der Waals surface area (Å²) in [5.41, 5.74) is 8.10. The molecule has 1 saturated heterocycles. The molecule has 1 atom stereocenters. The average molecular weight is 258 g/mol. The van der Waals surface area contributed by atoms with Crippen LogP contribution in [0.4, 0.5) is 5.69 Å². The summed E-state index contributed by atoms with van der Waals surface area (Å²) in [6, 6.07) is 5.05. The van der Waals surface area contributed by atoms with Crippen molar-refractivity contribution >= 4 is 28.5 Å². The zero-order valence-corrected chi connectivity index (χ0v) is 10.5. The third-order valence-electron chi connectivity index (χ3n) is 3.44. The number of nitrogens with two attached hydrogens (primary N) is 1. The van der Waals surface area contributed by atoms with Crippen LogP contribution >= 0.6 is 0 Å². The smallest absolute Gasteiger partial charge is 0.249 e. The number of hydrogen-bond donors (Lipinski definition) is 2. The summed E-state index contributed by atoms with van der Waals surface area (Å²) < 4.78 is 1.83. The second-order valence-corrected chi connectivity index (χ2v) is 4.71. The van der Waals surface area contributed by atoms with E-state index < -0.39 is 6.04 Å². The van der Waals surface area contributed by atoms with Crippen LogP contribution in [0, 0.1) is 6.92 Å². The molecular formula is C13H14N4O2. The lowest BCUT2D eigenvalue weighted by atomic mass is 10.1. The molecule has 1 aromatic carbocycles. The standard InChI is InChI=1S/C13H14N4O2/c1-7-15-9-4-2-3-8(14)12(9)17(7)10-5-6-11(18)16-13(10)19/h2-4,10H,5-6,14H2,1H3,(H,16,18,19). The number of carbonyl (C=O) groups is 2. The van der Waals surface area contributed by atoms with Gasteiger partial charge in [-0.2, -0.15) is 0 Å². The van der Waals surface area contributed by atoms with Gasteiger partial charge in [-0.15, -0.1) is 0 Å². The molecule has 0 saturated carbocycles. The third-order valence-corrected chi connectivity index (χ3v) is 3.44. The Bertz CT molecular complexity index is 689. The predicted molar refractivity (Wildman–Crippen MR) is 70.3 cm³/mol. The number of imide groups is 1. The van der Waals surface area contributed by atoms with Crippen LogP contribution in [0.2, 0.25) is 0 Å². The average Bonchev–Trinajstić information content (AvgIpc) is 2.67. The highest BCUT2D eigenvalue weighted by Gasteiger charge is 2.30. The van der Waals surface area contributed by atoms with E-state index in [1.807, 2.05) is 23.6 Å². The number of imidazole rings is 1. The fraction of sp³-hybridized carbons (Fsp3) is 0.308. The molecule has 19 heavy (non-hydrogen) atoms. The van der Waals surface area contributed by atoms with Crippen LogP contribution in [0.5, 0.6) is 0 Å². The number of para-hydroxylation sites is 1. The minimum atomic E-state index is -0.424. The van der Waals surface area contributed by atoms with Gasteiger partial charge in [-0.05, 0) is 25.5 Å². The largest absolute Gasteiger partial charge is 0.397 e. The third kappa shape index (κ3) is 1.76. The van der Waals surface area contributed by atoms with E-state index in [1.54, 1.807) is 6.07 Å². The van der Waals surface area contributed by atoms with Crippen molar-refractivity contribution in [1.29, 1.82) is 0 Å². The Kier molecular flexibility index (Phi) is 2.51. The molecule has 0 bridgehead atoms. The Morgan fingerprint density at radius 3 is 2.95 bits per heavy atom. The summed E-state index contributed by atoms with van der Waals surface area (Å²) in [6.45, 7) is 1.84. The van der Waals surface area contributed by atoms with Crippen molar-refractivity contribution in [1.82, 2.24) is 14.9 Å². The van der Waals surface area contributed by atoms with Gasteiger partial charge in [0.1, 0.15) is 11.9 Å². The van der Waals surface area contributed by atoms with Gasteiger partial charge in [0.25, 0.3) is 0 Å². The number of nitrogens with one attached hydrogen (secondary N) is 1. The molecule has 1 aromatic heterocycles. The fourth-order valence-electron chi connectivity index (χ4n) is 2.60. The molecule has 1 fully saturated rings. The highest BCUT2D eigenvalue weighted by molar-refractivity contribution is 6.00. The number of carbonyl (C=O) groups excluding carboxylic acids is 2. The van der Waals surface area contributed by atoms with E-state index in [0.717, 1.165) is 16.9 Å². The molecule has 0 spiro atoms. The molecule has 0 radical (unpaired) electrons. The maximum atomic E-state index is 12.0. The second kappa shape index (κ2) is 4.08.